The minimum Gasteiger partial charge on any atom is -0.550 e. The molecule has 0 saturated carbocycles. The lowest BCUT2D eigenvalue weighted by Crippen LogP contribution is -2.29. The Balaban J connectivity index is 2.14. The highest BCUT2D eigenvalue weighted by Gasteiger charge is 2.16. The Morgan fingerprint density at radius 2 is 1.62 bits per heavy atom. The fourth-order valence-corrected chi connectivity index (χ4v) is 2.43. The van der Waals surface area contributed by atoms with Gasteiger partial charge >= 0.3 is 0 Å². The summed E-state index contributed by atoms with van der Waals surface area (Å²) in [6, 6.07) is 16.8. The molecule has 0 heterocycles. The van der Waals surface area contributed by atoms with E-state index in [4.69, 9.17) is 4.74 Å². The van der Waals surface area contributed by atoms with Gasteiger partial charge in [-0.3, -0.25) is 4.79 Å². The third-order valence-corrected chi connectivity index (χ3v) is 3.67. The van der Waals surface area contributed by atoms with Crippen molar-refractivity contribution in [2.75, 3.05) is 7.11 Å². The number of nitrogens with one attached hydrogen (secondary N) is 1. The zero-order valence-electron chi connectivity index (χ0n) is 13.5. The second kappa shape index (κ2) is 8.72. The monoisotopic (exact) mass is 326 g/mol. The number of hydrogen-bond donors (Lipinski definition) is 1. The summed E-state index contributed by atoms with van der Waals surface area (Å²) in [5.41, 5.74) is 1.88. The maximum Gasteiger partial charge on any atom is 0.220 e. The molecule has 2 aromatic rings. The van der Waals surface area contributed by atoms with Crippen LogP contribution in [0.3, 0.4) is 0 Å². The van der Waals surface area contributed by atoms with E-state index in [1.165, 1.54) is 0 Å². The predicted octanol–water partition coefficient (Wildman–Crippen LogP) is 1.82. The van der Waals surface area contributed by atoms with Crippen molar-refractivity contribution in [1.29, 1.82) is 0 Å². The van der Waals surface area contributed by atoms with Crippen molar-refractivity contribution in [3.05, 3.63) is 65.7 Å². The summed E-state index contributed by atoms with van der Waals surface area (Å²) in [7, 11) is 1.60. The number of aliphatic carboxylic acids is 1. The fourth-order valence-electron chi connectivity index (χ4n) is 2.43. The van der Waals surface area contributed by atoms with Crippen molar-refractivity contribution >= 4 is 11.9 Å². The molecule has 5 heteroatoms. The predicted molar refractivity (Wildman–Crippen MR) is 88.3 cm³/mol. The van der Waals surface area contributed by atoms with E-state index >= 15 is 0 Å². The first-order valence-electron chi connectivity index (χ1n) is 7.78. The van der Waals surface area contributed by atoms with Crippen LogP contribution in [0.2, 0.25) is 0 Å². The lowest BCUT2D eigenvalue weighted by Gasteiger charge is -2.20. The van der Waals surface area contributed by atoms with Crippen LogP contribution < -0.4 is 15.2 Å². The zero-order valence-corrected chi connectivity index (χ0v) is 13.5. The first-order chi connectivity index (χ1) is 11.6. The summed E-state index contributed by atoms with van der Waals surface area (Å²) in [5.74, 6) is -0.593. The van der Waals surface area contributed by atoms with E-state index in [9.17, 15) is 14.7 Å². The molecule has 0 bridgehead atoms. The van der Waals surface area contributed by atoms with E-state index in [0.29, 0.717) is 0 Å². The van der Waals surface area contributed by atoms with Crippen LogP contribution in [0.4, 0.5) is 0 Å². The standard InChI is InChI=1S/C19H21NO4/c1-24-16-12-10-15(11-13-16)19(14-6-3-2-4-7-14)20-17(21)8-5-9-18(22)23/h2-4,6-7,10-13,19H,5,8-9H2,1H3,(H,20,21)(H,22,23)/p-1/t19-/m1/s1. The highest BCUT2D eigenvalue weighted by Crippen LogP contribution is 2.24. The minimum absolute atomic E-state index is 0.119. The second-order valence-electron chi connectivity index (χ2n) is 5.41. The van der Waals surface area contributed by atoms with Crippen molar-refractivity contribution in [1.82, 2.24) is 5.32 Å². The molecule has 0 aliphatic rings. The van der Waals surface area contributed by atoms with Crippen LogP contribution in [-0.4, -0.2) is 19.0 Å². The smallest absolute Gasteiger partial charge is 0.220 e. The van der Waals surface area contributed by atoms with Gasteiger partial charge in [0.15, 0.2) is 0 Å². The average molecular weight is 326 g/mol. The summed E-state index contributed by atoms with van der Waals surface area (Å²) in [6.07, 6.45) is 0.289. The third-order valence-electron chi connectivity index (χ3n) is 3.67. The topological polar surface area (TPSA) is 78.5 Å². The highest BCUT2D eigenvalue weighted by atomic mass is 16.5. The minimum atomic E-state index is -1.14. The molecule has 0 unspecified atom stereocenters. The summed E-state index contributed by atoms with van der Waals surface area (Å²) in [6.45, 7) is 0. The van der Waals surface area contributed by atoms with Crippen LogP contribution in [0.25, 0.3) is 0 Å². The summed E-state index contributed by atoms with van der Waals surface area (Å²) < 4.78 is 5.16. The van der Waals surface area contributed by atoms with Gasteiger partial charge in [0.2, 0.25) is 5.91 Å². The number of amides is 1. The van der Waals surface area contributed by atoms with E-state index < -0.39 is 5.97 Å². The number of carbonyl (C=O) groups excluding carboxylic acids is 2. The van der Waals surface area contributed by atoms with Gasteiger partial charge in [0.1, 0.15) is 5.75 Å². The average Bonchev–Trinajstić information content (AvgIpc) is 2.60. The third kappa shape index (κ3) is 5.12. The number of hydrogen-bond acceptors (Lipinski definition) is 4. The van der Waals surface area contributed by atoms with E-state index in [1.807, 2.05) is 54.6 Å². The molecular weight excluding hydrogens is 306 g/mol. The van der Waals surface area contributed by atoms with Gasteiger partial charge in [0.05, 0.1) is 13.2 Å². The lowest BCUT2D eigenvalue weighted by molar-refractivity contribution is -0.305. The molecular formula is C19H20NO4-. The Morgan fingerprint density at radius 1 is 1.00 bits per heavy atom. The molecule has 0 radical (unpaired) electrons. The molecule has 0 saturated heterocycles. The van der Waals surface area contributed by atoms with Crippen LogP contribution in [0, 0.1) is 0 Å². The Bertz CT molecular complexity index is 668. The van der Waals surface area contributed by atoms with Crippen molar-refractivity contribution in [3.63, 3.8) is 0 Å². The number of ether oxygens (including phenoxy) is 1. The van der Waals surface area contributed by atoms with Gasteiger partial charge < -0.3 is 20.0 Å². The zero-order chi connectivity index (χ0) is 17.4. The van der Waals surface area contributed by atoms with E-state index in [2.05, 4.69) is 5.32 Å². The van der Waals surface area contributed by atoms with Crippen LogP contribution in [0.15, 0.2) is 54.6 Å². The molecule has 1 amide bonds. The van der Waals surface area contributed by atoms with E-state index in [0.717, 1.165) is 16.9 Å². The van der Waals surface area contributed by atoms with Gasteiger partial charge in [-0.25, -0.2) is 0 Å². The number of methoxy groups -OCH3 is 1. The quantitative estimate of drug-likeness (QED) is 0.802. The number of carboxylic acids is 1. The van der Waals surface area contributed by atoms with E-state index in [1.54, 1.807) is 7.11 Å². The van der Waals surface area contributed by atoms with E-state index in [-0.39, 0.29) is 31.2 Å². The maximum atomic E-state index is 12.2. The first kappa shape index (κ1) is 17.5. The summed E-state index contributed by atoms with van der Waals surface area (Å²) in [5, 5.41) is 13.4. The summed E-state index contributed by atoms with van der Waals surface area (Å²) in [4.78, 5) is 22.6. The molecule has 0 spiro atoms. The lowest BCUT2D eigenvalue weighted by atomic mass is 9.98. The number of benzene rings is 2. The molecule has 2 rings (SSSR count). The molecule has 0 aliphatic carbocycles. The molecule has 1 atom stereocenters. The molecule has 2 aromatic carbocycles. The summed E-state index contributed by atoms with van der Waals surface area (Å²) >= 11 is 0. The normalized spacial score (nSPS) is 11.5. The molecule has 0 fully saturated rings. The number of carbonyl (C=O) groups is 2. The van der Waals surface area contributed by atoms with Crippen LogP contribution in [-0.2, 0) is 9.59 Å². The van der Waals surface area contributed by atoms with Crippen LogP contribution >= 0.6 is 0 Å². The van der Waals surface area contributed by atoms with Crippen molar-refractivity contribution in [3.8, 4) is 5.75 Å². The van der Waals surface area contributed by atoms with Gasteiger partial charge in [0, 0.05) is 12.4 Å². The van der Waals surface area contributed by atoms with Crippen LogP contribution in [0.5, 0.6) is 5.75 Å². The first-order valence-corrected chi connectivity index (χ1v) is 7.78. The van der Waals surface area contributed by atoms with Gasteiger partial charge in [0.25, 0.3) is 0 Å². The van der Waals surface area contributed by atoms with Crippen LogP contribution in [0.1, 0.15) is 36.4 Å². The van der Waals surface area contributed by atoms with Gasteiger partial charge in [-0.05, 0) is 36.1 Å². The van der Waals surface area contributed by atoms with Gasteiger partial charge in [-0.15, -0.1) is 0 Å². The largest absolute Gasteiger partial charge is 0.550 e. The Morgan fingerprint density at radius 3 is 2.21 bits per heavy atom. The SMILES string of the molecule is COc1ccc([C@H](NC(=O)CCCC(=O)[O-])c2ccccc2)cc1. The highest BCUT2D eigenvalue weighted by molar-refractivity contribution is 5.77. The Labute approximate surface area is 141 Å². The van der Waals surface area contributed by atoms with Crippen molar-refractivity contribution in [2.45, 2.75) is 25.3 Å². The molecule has 0 aromatic heterocycles. The molecule has 1 N–H and O–H groups in total. The van der Waals surface area contributed by atoms with Gasteiger partial charge in [-0.1, -0.05) is 42.5 Å². The fraction of sp³-hybridized carbons (Fsp3) is 0.263. The second-order valence-corrected chi connectivity index (χ2v) is 5.41. The number of carboxylic acid groups (broad SMARTS) is 1. The number of rotatable bonds is 8. The Hall–Kier alpha value is -2.82. The van der Waals surface area contributed by atoms with Crippen molar-refractivity contribution in [2.24, 2.45) is 0 Å². The Kier molecular flexibility index (Phi) is 6.37. The van der Waals surface area contributed by atoms with Crippen molar-refractivity contribution < 1.29 is 19.4 Å². The molecule has 126 valence electrons. The maximum absolute atomic E-state index is 12.2. The molecule has 0 aliphatic heterocycles. The molecule has 5 nitrogen and oxygen atoms in total. The van der Waals surface area contributed by atoms with Gasteiger partial charge in [-0.2, -0.15) is 0 Å². The molecule has 24 heavy (non-hydrogen) atoms.